The van der Waals surface area contributed by atoms with Gasteiger partial charge >= 0.3 is 0 Å². The van der Waals surface area contributed by atoms with Gasteiger partial charge in [0.25, 0.3) is 11.5 Å². The number of anilines is 2. The molecule has 0 aliphatic rings. The van der Waals surface area contributed by atoms with Gasteiger partial charge in [-0.25, -0.2) is 4.98 Å². The summed E-state index contributed by atoms with van der Waals surface area (Å²) >= 11 is 13.1. The fourth-order valence-electron chi connectivity index (χ4n) is 3.76. The van der Waals surface area contributed by atoms with Crippen LogP contribution in [-0.4, -0.2) is 21.4 Å². The number of nitrogens with one attached hydrogen (secondary N) is 2. The summed E-state index contributed by atoms with van der Waals surface area (Å²) in [4.78, 5) is 44.4. The van der Waals surface area contributed by atoms with Gasteiger partial charge in [0.1, 0.15) is 10.9 Å². The van der Waals surface area contributed by atoms with Gasteiger partial charge in [-0.3, -0.25) is 19.0 Å². The van der Waals surface area contributed by atoms with Crippen LogP contribution in [0.2, 0.25) is 10.0 Å². The molecule has 0 aliphatic carbocycles. The number of amides is 2. The Bertz CT molecular complexity index is 1520. The van der Waals surface area contributed by atoms with Crippen LogP contribution in [0.1, 0.15) is 39.3 Å². The highest BCUT2D eigenvalue weighted by Gasteiger charge is 2.23. The standard InChI is InChI=1S/C25H22Cl2N4O3S/c1-12-5-6-19(13(2)7-12)30-23(33)21-14(3)20-24(35-21)28-11-31(25(20)34)15(4)22(32)29-18-9-16(26)8-17(27)10-18/h5-11,15H,1-4H3,(H,29,32)(H,30,33). The molecule has 2 heterocycles. The maximum atomic E-state index is 13.3. The number of aryl methyl sites for hydroxylation is 3. The Labute approximate surface area is 215 Å². The Kier molecular flexibility index (Phi) is 6.98. The zero-order valence-electron chi connectivity index (χ0n) is 19.4. The summed E-state index contributed by atoms with van der Waals surface area (Å²) in [6.45, 7) is 7.20. The topological polar surface area (TPSA) is 93.1 Å². The van der Waals surface area contributed by atoms with Crippen LogP contribution in [-0.2, 0) is 4.79 Å². The Balaban J connectivity index is 1.63. The molecule has 1 unspecified atom stereocenters. The van der Waals surface area contributed by atoms with Gasteiger partial charge in [0.15, 0.2) is 0 Å². The molecule has 0 saturated heterocycles. The molecule has 2 aromatic carbocycles. The number of hydrogen-bond donors (Lipinski definition) is 2. The van der Waals surface area contributed by atoms with Gasteiger partial charge < -0.3 is 10.6 Å². The minimum atomic E-state index is -0.871. The monoisotopic (exact) mass is 528 g/mol. The van der Waals surface area contributed by atoms with Crippen molar-refractivity contribution >= 4 is 67.9 Å². The molecular weight excluding hydrogens is 507 g/mol. The molecule has 7 nitrogen and oxygen atoms in total. The molecule has 0 radical (unpaired) electrons. The maximum Gasteiger partial charge on any atom is 0.266 e. The summed E-state index contributed by atoms with van der Waals surface area (Å²) in [7, 11) is 0. The largest absolute Gasteiger partial charge is 0.324 e. The number of aromatic nitrogens is 2. The van der Waals surface area contributed by atoms with Gasteiger partial charge in [-0.05, 0) is 63.1 Å². The average Bonchev–Trinajstić information content (AvgIpc) is 3.12. The van der Waals surface area contributed by atoms with E-state index < -0.39 is 17.5 Å². The fraction of sp³-hybridized carbons (Fsp3) is 0.200. The van der Waals surface area contributed by atoms with E-state index in [2.05, 4.69) is 15.6 Å². The lowest BCUT2D eigenvalue weighted by molar-refractivity contribution is -0.118. The van der Waals surface area contributed by atoms with Crippen LogP contribution in [0.4, 0.5) is 11.4 Å². The van der Waals surface area contributed by atoms with Crippen LogP contribution >= 0.6 is 34.5 Å². The fourth-order valence-corrected chi connectivity index (χ4v) is 5.32. The zero-order valence-corrected chi connectivity index (χ0v) is 21.7. The molecule has 0 fully saturated rings. The number of carbonyl (C=O) groups is 2. The number of halogens is 2. The Hall–Kier alpha value is -3.20. The molecule has 35 heavy (non-hydrogen) atoms. The molecule has 0 spiro atoms. The van der Waals surface area contributed by atoms with E-state index in [9.17, 15) is 14.4 Å². The molecule has 2 amide bonds. The molecular formula is C25H22Cl2N4O3S. The first-order chi connectivity index (χ1) is 16.5. The van der Waals surface area contributed by atoms with E-state index in [0.29, 0.717) is 42.1 Å². The third-order valence-electron chi connectivity index (χ3n) is 5.64. The number of carbonyl (C=O) groups excluding carboxylic acids is 2. The summed E-state index contributed by atoms with van der Waals surface area (Å²) in [5.41, 5.74) is 3.28. The van der Waals surface area contributed by atoms with E-state index in [1.165, 1.54) is 10.9 Å². The van der Waals surface area contributed by atoms with Crippen molar-refractivity contribution in [3.05, 3.63) is 84.7 Å². The van der Waals surface area contributed by atoms with E-state index in [-0.39, 0.29) is 5.91 Å². The second kappa shape index (κ2) is 9.81. The first-order valence-electron chi connectivity index (χ1n) is 10.7. The second-order valence-corrected chi connectivity index (χ2v) is 10.2. The second-order valence-electron chi connectivity index (χ2n) is 8.29. The molecule has 1 atom stereocenters. The molecule has 4 rings (SSSR count). The van der Waals surface area contributed by atoms with Crippen molar-refractivity contribution in [1.82, 2.24) is 9.55 Å². The van der Waals surface area contributed by atoms with Gasteiger partial charge in [-0.15, -0.1) is 11.3 Å². The Morgan fingerprint density at radius 1 is 1.03 bits per heavy atom. The van der Waals surface area contributed by atoms with Crippen molar-refractivity contribution in [2.75, 3.05) is 10.6 Å². The van der Waals surface area contributed by atoms with Crippen LogP contribution in [0.5, 0.6) is 0 Å². The van der Waals surface area contributed by atoms with Crippen molar-refractivity contribution in [2.45, 2.75) is 33.7 Å². The first-order valence-corrected chi connectivity index (χ1v) is 12.3. The van der Waals surface area contributed by atoms with Crippen LogP contribution in [0.25, 0.3) is 10.2 Å². The van der Waals surface area contributed by atoms with E-state index in [4.69, 9.17) is 23.2 Å². The van der Waals surface area contributed by atoms with Crippen LogP contribution in [0.15, 0.2) is 47.5 Å². The van der Waals surface area contributed by atoms with E-state index in [1.54, 1.807) is 32.0 Å². The zero-order chi connectivity index (χ0) is 25.4. The number of nitrogens with zero attached hydrogens (tertiary/aromatic N) is 2. The number of rotatable bonds is 5. The summed E-state index contributed by atoms with van der Waals surface area (Å²) < 4.78 is 1.25. The molecule has 0 saturated carbocycles. The number of thiophene rings is 1. The number of fused-ring (bicyclic) bond motifs is 1. The highest BCUT2D eigenvalue weighted by Crippen LogP contribution is 2.29. The van der Waals surface area contributed by atoms with E-state index in [0.717, 1.165) is 22.5 Å². The van der Waals surface area contributed by atoms with Crippen LogP contribution in [0.3, 0.4) is 0 Å². The molecule has 10 heteroatoms. The quantitative estimate of drug-likeness (QED) is 0.325. The SMILES string of the molecule is Cc1ccc(NC(=O)c2sc3ncn(C(C)C(=O)Nc4cc(Cl)cc(Cl)c4)c(=O)c3c2C)c(C)c1. The van der Waals surface area contributed by atoms with Crippen LogP contribution < -0.4 is 16.2 Å². The summed E-state index contributed by atoms with van der Waals surface area (Å²) in [6, 6.07) is 9.56. The van der Waals surface area contributed by atoms with Gasteiger partial charge in [-0.1, -0.05) is 40.9 Å². The van der Waals surface area contributed by atoms with Gasteiger partial charge in [0.05, 0.1) is 16.6 Å². The van der Waals surface area contributed by atoms with E-state index in [1.807, 2.05) is 32.0 Å². The van der Waals surface area contributed by atoms with Crippen molar-refractivity contribution in [3.63, 3.8) is 0 Å². The summed E-state index contributed by atoms with van der Waals surface area (Å²) in [5.74, 6) is -0.751. The predicted octanol–water partition coefficient (Wildman–Crippen LogP) is 6.14. The third-order valence-corrected chi connectivity index (χ3v) is 7.27. The number of benzene rings is 2. The van der Waals surface area contributed by atoms with Crippen molar-refractivity contribution in [3.8, 4) is 0 Å². The Morgan fingerprint density at radius 3 is 2.37 bits per heavy atom. The third kappa shape index (κ3) is 5.10. The molecule has 0 bridgehead atoms. The molecule has 2 aromatic heterocycles. The van der Waals surface area contributed by atoms with Crippen LogP contribution in [0, 0.1) is 20.8 Å². The molecule has 180 valence electrons. The van der Waals surface area contributed by atoms with Crippen molar-refractivity contribution in [2.24, 2.45) is 0 Å². The first kappa shape index (κ1) is 24.9. The molecule has 0 aliphatic heterocycles. The van der Waals surface area contributed by atoms with E-state index >= 15 is 0 Å². The average molecular weight is 529 g/mol. The lowest BCUT2D eigenvalue weighted by Gasteiger charge is -2.15. The highest BCUT2D eigenvalue weighted by atomic mass is 35.5. The van der Waals surface area contributed by atoms with Gasteiger partial charge in [-0.2, -0.15) is 0 Å². The lowest BCUT2D eigenvalue weighted by Crippen LogP contribution is -2.31. The van der Waals surface area contributed by atoms with Crippen molar-refractivity contribution in [1.29, 1.82) is 0 Å². The molecule has 4 aromatic rings. The minimum Gasteiger partial charge on any atom is -0.324 e. The lowest BCUT2D eigenvalue weighted by atomic mass is 10.1. The molecule has 2 N–H and O–H groups in total. The Morgan fingerprint density at radius 2 is 1.71 bits per heavy atom. The maximum absolute atomic E-state index is 13.3. The summed E-state index contributed by atoms with van der Waals surface area (Å²) in [5, 5.41) is 6.70. The normalized spacial score (nSPS) is 11.9. The summed E-state index contributed by atoms with van der Waals surface area (Å²) in [6.07, 6.45) is 1.32. The van der Waals surface area contributed by atoms with Crippen molar-refractivity contribution < 1.29 is 9.59 Å². The predicted molar refractivity (Wildman–Crippen MR) is 142 cm³/mol. The van der Waals surface area contributed by atoms with Gasteiger partial charge in [0, 0.05) is 21.4 Å². The smallest absolute Gasteiger partial charge is 0.266 e. The minimum absolute atomic E-state index is 0.313. The number of hydrogen-bond acceptors (Lipinski definition) is 5. The highest BCUT2D eigenvalue weighted by molar-refractivity contribution is 7.20. The van der Waals surface area contributed by atoms with Gasteiger partial charge in [0.2, 0.25) is 5.91 Å².